The molecule has 8 heteroatoms. The number of hydrogen-bond donors (Lipinski definition) is 2. The van der Waals surface area contributed by atoms with Gasteiger partial charge in [0, 0.05) is 42.6 Å². The van der Waals surface area contributed by atoms with Crippen LogP contribution in [0.3, 0.4) is 0 Å². The second kappa shape index (κ2) is 7.57. The van der Waals surface area contributed by atoms with Crippen LogP contribution < -0.4 is 5.32 Å². The van der Waals surface area contributed by atoms with Crippen LogP contribution in [0.25, 0.3) is 0 Å². The summed E-state index contributed by atoms with van der Waals surface area (Å²) in [5.41, 5.74) is 1.85. The number of aryl methyl sites for hydroxylation is 1. The first-order valence-corrected chi connectivity index (χ1v) is 8.53. The smallest absolute Gasteiger partial charge is 0.321 e. The third-order valence-electron chi connectivity index (χ3n) is 4.18. The molecule has 132 valence electrons. The zero-order valence-corrected chi connectivity index (χ0v) is 14.7. The van der Waals surface area contributed by atoms with E-state index in [4.69, 9.17) is 11.6 Å². The van der Waals surface area contributed by atoms with Crippen molar-refractivity contribution in [1.29, 1.82) is 0 Å². The van der Waals surface area contributed by atoms with Gasteiger partial charge >= 0.3 is 6.03 Å². The van der Waals surface area contributed by atoms with E-state index in [2.05, 4.69) is 15.3 Å². The Balaban J connectivity index is 1.60. The van der Waals surface area contributed by atoms with Gasteiger partial charge in [0.05, 0.1) is 6.33 Å². The number of nitrogens with one attached hydrogen (secondary N) is 2. The van der Waals surface area contributed by atoms with Crippen molar-refractivity contribution in [2.45, 2.75) is 13.3 Å². The van der Waals surface area contributed by atoms with Crippen LogP contribution in [0.1, 0.15) is 22.6 Å². The monoisotopic (exact) mass is 361 g/mol. The highest BCUT2D eigenvalue weighted by Crippen LogP contribution is 2.16. The first-order chi connectivity index (χ1) is 12.0. The number of carbonyl (C=O) groups is 2. The summed E-state index contributed by atoms with van der Waals surface area (Å²) in [7, 11) is 0. The molecule has 0 spiro atoms. The Morgan fingerprint density at radius 3 is 2.68 bits per heavy atom. The lowest BCUT2D eigenvalue weighted by molar-refractivity contribution is 0.0756. The minimum atomic E-state index is -0.187. The standard InChI is InChI=1S/C17H20ClN5O2/c1-12-15(20-11-19-12)16(24)22-6-3-7-23(9-8-22)17(25)21-14-5-2-4-13(18)10-14/h2,4-5,10-11H,3,6-9H2,1H3,(H,19,20)(H,21,25). The summed E-state index contributed by atoms with van der Waals surface area (Å²) in [5, 5.41) is 3.41. The SMILES string of the molecule is Cc1[nH]cnc1C(=O)N1CCCN(C(=O)Nc2cccc(Cl)c2)CC1. The molecule has 0 saturated carbocycles. The van der Waals surface area contributed by atoms with E-state index in [9.17, 15) is 9.59 Å². The zero-order valence-electron chi connectivity index (χ0n) is 14.0. The van der Waals surface area contributed by atoms with Gasteiger partial charge in [0.25, 0.3) is 5.91 Å². The fourth-order valence-corrected chi connectivity index (χ4v) is 3.01. The number of urea groups is 1. The van der Waals surface area contributed by atoms with Crippen molar-refractivity contribution in [3.8, 4) is 0 Å². The number of hydrogen-bond acceptors (Lipinski definition) is 3. The van der Waals surface area contributed by atoms with E-state index in [0.29, 0.717) is 42.6 Å². The zero-order chi connectivity index (χ0) is 17.8. The van der Waals surface area contributed by atoms with Crippen molar-refractivity contribution in [2.24, 2.45) is 0 Å². The molecule has 0 radical (unpaired) electrons. The number of amides is 3. The second-order valence-electron chi connectivity index (χ2n) is 5.95. The highest BCUT2D eigenvalue weighted by Gasteiger charge is 2.24. The fraction of sp³-hybridized carbons (Fsp3) is 0.353. The molecule has 2 aromatic rings. The van der Waals surface area contributed by atoms with E-state index in [1.165, 1.54) is 6.33 Å². The van der Waals surface area contributed by atoms with Gasteiger partial charge in [-0.15, -0.1) is 0 Å². The lowest BCUT2D eigenvalue weighted by Crippen LogP contribution is -2.39. The van der Waals surface area contributed by atoms with Crippen LogP contribution in [-0.4, -0.2) is 57.9 Å². The predicted molar refractivity (Wildman–Crippen MR) is 95.9 cm³/mol. The molecule has 1 aromatic carbocycles. The van der Waals surface area contributed by atoms with Gasteiger partial charge in [-0.05, 0) is 31.5 Å². The molecule has 2 N–H and O–H groups in total. The maximum absolute atomic E-state index is 12.5. The molecule has 2 heterocycles. The number of imidazole rings is 1. The quantitative estimate of drug-likeness (QED) is 0.862. The Hall–Kier alpha value is -2.54. The van der Waals surface area contributed by atoms with Gasteiger partial charge in [-0.3, -0.25) is 4.79 Å². The molecule has 3 rings (SSSR count). The van der Waals surface area contributed by atoms with Gasteiger partial charge in [-0.25, -0.2) is 9.78 Å². The van der Waals surface area contributed by atoms with E-state index >= 15 is 0 Å². The minimum Gasteiger partial charge on any atom is -0.348 e. The van der Waals surface area contributed by atoms with Gasteiger partial charge in [0.15, 0.2) is 0 Å². The molecule has 0 atom stereocenters. The van der Waals surface area contributed by atoms with E-state index < -0.39 is 0 Å². The molecule has 1 fully saturated rings. The summed E-state index contributed by atoms with van der Waals surface area (Å²) < 4.78 is 0. The lowest BCUT2D eigenvalue weighted by atomic mass is 10.3. The van der Waals surface area contributed by atoms with E-state index in [-0.39, 0.29) is 11.9 Å². The van der Waals surface area contributed by atoms with Gasteiger partial charge in [0.2, 0.25) is 0 Å². The molecule has 1 aromatic heterocycles. The minimum absolute atomic E-state index is 0.101. The second-order valence-corrected chi connectivity index (χ2v) is 6.39. The fourth-order valence-electron chi connectivity index (χ4n) is 2.82. The summed E-state index contributed by atoms with van der Waals surface area (Å²) in [4.78, 5) is 35.5. The Bertz CT molecular complexity index is 776. The average molecular weight is 362 g/mol. The highest BCUT2D eigenvalue weighted by molar-refractivity contribution is 6.30. The first kappa shape index (κ1) is 17.3. The van der Waals surface area contributed by atoms with Crippen LogP contribution in [-0.2, 0) is 0 Å². The number of benzene rings is 1. The number of aromatic amines is 1. The Morgan fingerprint density at radius 1 is 1.20 bits per heavy atom. The van der Waals surface area contributed by atoms with Crippen LogP contribution in [0.2, 0.25) is 5.02 Å². The maximum atomic E-state index is 12.5. The van der Waals surface area contributed by atoms with Crippen molar-refractivity contribution in [3.05, 3.63) is 47.0 Å². The predicted octanol–water partition coefficient (Wildman–Crippen LogP) is 2.75. The largest absolute Gasteiger partial charge is 0.348 e. The Kier molecular flexibility index (Phi) is 5.23. The lowest BCUT2D eigenvalue weighted by Gasteiger charge is -2.22. The van der Waals surface area contributed by atoms with Crippen LogP contribution in [0.5, 0.6) is 0 Å². The summed E-state index contributed by atoms with van der Waals surface area (Å²) in [6.07, 6.45) is 2.24. The van der Waals surface area contributed by atoms with Gasteiger partial charge in [0.1, 0.15) is 5.69 Å². The van der Waals surface area contributed by atoms with Crippen LogP contribution in [0.15, 0.2) is 30.6 Å². The number of nitrogens with zero attached hydrogens (tertiary/aromatic N) is 3. The summed E-state index contributed by atoms with van der Waals surface area (Å²) in [5.74, 6) is -0.101. The van der Waals surface area contributed by atoms with Crippen molar-refractivity contribution < 1.29 is 9.59 Å². The number of halogens is 1. The molecule has 0 bridgehead atoms. The molecule has 1 aliphatic heterocycles. The molecule has 25 heavy (non-hydrogen) atoms. The van der Waals surface area contributed by atoms with Crippen LogP contribution in [0, 0.1) is 6.92 Å². The molecule has 1 aliphatic rings. The number of aromatic nitrogens is 2. The van der Waals surface area contributed by atoms with Crippen molar-refractivity contribution in [3.63, 3.8) is 0 Å². The summed E-state index contributed by atoms with van der Waals surface area (Å²) in [6.45, 7) is 3.97. The molecule has 3 amide bonds. The molecular weight excluding hydrogens is 342 g/mol. The summed E-state index contributed by atoms with van der Waals surface area (Å²) in [6, 6.07) is 6.84. The summed E-state index contributed by atoms with van der Waals surface area (Å²) >= 11 is 5.94. The number of H-pyrrole nitrogens is 1. The Labute approximate surface area is 151 Å². The van der Waals surface area contributed by atoms with E-state index in [0.717, 1.165) is 12.1 Å². The molecule has 7 nitrogen and oxygen atoms in total. The Morgan fingerprint density at radius 2 is 1.96 bits per heavy atom. The molecular formula is C17H20ClN5O2. The highest BCUT2D eigenvalue weighted by atomic mass is 35.5. The van der Waals surface area contributed by atoms with Crippen LogP contribution in [0.4, 0.5) is 10.5 Å². The van der Waals surface area contributed by atoms with Crippen LogP contribution >= 0.6 is 11.6 Å². The average Bonchev–Trinajstić information content (AvgIpc) is 2.86. The van der Waals surface area contributed by atoms with Crippen molar-refractivity contribution >= 4 is 29.2 Å². The van der Waals surface area contributed by atoms with Crippen molar-refractivity contribution in [2.75, 3.05) is 31.5 Å². The molecule has 0 unspecified atom stereocenters. The topological polar surface area (TPSA) is 81.3 Å². The number of anilines is 1. The number of rotatable bonds is 2. The normalized spacial score (nSPS) is 15.0. The number of carbonyl (C=O) groups excluding carboxylic acids is 2. The third-order valence-corrected chi connectivity index (χ3v) is 4.41. The van der Waals surface area contributed by atoms with E-state index in [1.807, 2.05) is 6.92 Å². The maximum Gasteiger partial charge on any atom is 0.321 e. The first-order valence-electron chi connectivity index (χ1n) is 8.15. The third kappa shape index (κ3) is 4.11. The van der Waals surface area contributed by atoms with E-state index in [1.54, 1.807) is 34.1 Å². The van der Waals surface area contributed by atoms with Gasteiger partial charge < -0.3 is 20.1 Å². The molecule has 1 saturated heterocycles. The molecule has 0 aliphatic carbocycles. The van der Waals surface area contributed by atoms with Gasteiger partial charge in [-0.1, -0.05) is 17.7 Å². The van der Waals surface area contributed by atoms with Crippen molar-refractivity contribution in [1.82, 2.24) is 19.8 Å². The van der Waals surface area contributed by atoms with Gasteiger partial charge in [-0.2, -0.15) is 0 Å².